The van der Waals surface area contributed by atoms with Gasteiger partial charge in [0.15, 0.2) is 5.82 Å². The second-order valence-corrected chi connectivity index (χ2v) is 7.02. The molecule has 4 N–H and O–H groups in total. The van der Waals surface area contributed by atoms with Crippen LogP contribution in [-0.4, -0.2) is 56.6 Å². The van der Waals surface area contributed by atoms with Gasteiger partial charge in [0.1, 0.15) is 23.7 Å². The molecular formula is C19H23FN8O2. The van der Waals surface area contributed by atoms with Crippen LogP contribution in [0.5, 0.6) is 5.75 Å². The summed E-state index contributed by atoms with van der Waals surface area (Å²) < 4.78 is 20.6. The number of halogens is 1. The quantitative estimate of drug-likeness (QED) is 0.552. The molecule has 158 valence electrons. The van der Waals surface area contributed by atoms with Crippen molar-refractivity contribution in [3.63, 3.8) is 0 Å². The zero-order valence-corrected chi connectivity index (χ0v) is 16.5. The van der Waals surface area contributed by atoms with Gasteiger partial charge in [-0.1, -0.05) is 0 Å². The van der Waals surface area contributed by atoms with E-state index in [0.29, 0.717) is 17.5 Å². The van der Waals surface area contributed by atoms with Crippen LogP contribution < -0.4 is 20.7 Å². The number of hydrogen-bond acceptors (Lipinski definition) is 9. The Labute approximate surface area is 172 Å². The number of hydrogen-bond donors (Lipinski definition) is 3. The Morgan fingerprint density at radius 3 is 2.70 bits per heavy atom. The third-order valence-corrected chi connectivity index (χ3v) is 5.11. The van der Waals surface area contributed by atoms with Gasteiger partial charge in [-0.2, -0.15) is 9.67 Å². The van der Waals surface area contributed by atoms with Crippen molar-refractivity contribution in [2.24, 2.45) is 5.92 Å². The van der Waals surface area contributed by atoms with E-state index in [1.807, 2.05) is 0 Å². The minimum Gasteiger partial charge on any atom is -0.497 e. The number of nitrogens with two attached hydrogens (primary N) is 1. The molecule has 0 saturated carbocycles. The molecule has 4 rings (SSSR count). The van der Waals surface area contributed by atoms with Crippen molar-refractivity contribution in [3.05, 3.63) is 36.4 Å². The summed E-state index contributed by atoms with van der Waals surface area (Å²) in [4.78, 5) is 14.9. The van der Waals surface area contributed by atoms with Gasteiger partial charge in [0.2, 0.25) is 11.9 Å². The van der Waals surface area contributed by atoms with E-state index in [-0.39, 0.29) is 24.2 Å². The lowest BCUT2D eigenvalue weighted by Gasteiger charge is -2.31. The van der Waals surface area contributed by atoms with Gasteiger partial charge in [-0.15, -0.1) is 5.10 Å². The molecule has 0 aliphatic carbocycles. The van der Waals surface area contributed by atoms with Crippen LogP contribution in [-0.2, 0) is 0 Å². The van der Waals surface area contributed by atoms with E-state index in [2.05, 4.69) is 30.3 Å². The molecule has 1 aliphatic rings. The molecule has 1 aliphatic heterocycles. The monoisotopic (exact) mass is 414 g/mol. The molecule has 3 heterocycles. The zero-order chi connectivity index (χ0) is 21.1. The van der Waals surface area contributed by atoms with Crippen LogP contribution in [0.4, 0.5) is 27.8 Å². The normalized spacial score (nSPS) is 14.7. The number of methoxy groups -OCH3 is 1. The number of piperidine rings is 1. The molecule has 10 nitrogen and oxygen atoms in total. The highest BCUT2D eigenvalue weighted by Crippen LogP contribution is 2.25. The summed E-state index contributed by atoms with van der Waals surface area (Å²) in [5.41, 5.74) is 6.21. The van der Waals surface area contributed by atoms with Gasteiger partial charge < -0.3 is 25.8 Å². The molecule has 1 fully saturated rings. The molecule has 1 saturated heterocycles. The number of aliphatic hydroxyl groups excluding tert-OH is 1. The Bertz CT molecular complexity index is 1020. The maximum absolute atomic E-state index is 14.2. The van der Waals surface area contributed by atoms with E-state index < -0.39 is 5.82 Å². The molecule has 3 aromatic rings. The van der Waals surface area contributed by atoms with E-state index in [1.165, 1.54) is 30.3 Å². The molecular weight excluding hydrogens is 391 g/mol. The number of benzene rings is 1. The standard InChI is InChI=1S/C19H23FN8O2/c1-30-13-2-3-15(14(20)8-13)24-19-25-18(21)28(26-19)17-9-16(22-11-23-17)27-6-4-12(10-29)5-7-27/h2-3,8-9,11-12,29H,4-7,10H2,1H3,(H3,21,24,25,26). The number of nitrogens with zero attached hydrogens (tertiary/aromatic N) is 6. The Kier molecular flexibility index (Phi) is 5.61. The Morgan fingerprint density at radius 2 is 2.00 bits per heavy atom. The van der Waals surface area contributed by atoms with E-state index in [9.17, 15) is 9.50 Å². The highest BCUT2D eigenvalue weighted by Gasteiger charge is 2.20. The SMILES string of the molecule is COc1ccc(Nc2nc(N)n(-c3cc(N4CCC(CO)CC4)ncn3)n2)c(F)c1. The smallest absolute Gasteiger partial charge is 0.248 e. The number of aliphatic hydroxyl groups is 1. The number of ether oxygens (including phenoxy) is 1. The molecule has 11 heteroatoms. The Morgan fingerprint density at radius 1 is 1.23 bits per heavy atom. The van der Waals surface area contributed by atoms with Crippen molar-refractivity contribution in [2.75, 3.05) is 42.8 Å². The summed E-state index contributed by atoms with van der Waals surface area (Å²) in [5.74, 6) is 1.70. The highest BCUT2D eigenvalue weighted by atomic mass is 19.1. The number of aromatic nitrogens is 5. The van der Waals surface area contributed by atoms with Crippen molar-refractivity contribution in [1.29, 1.82) is 0 Å². The fourth-order valence-corrected chi connectivity index (χ4v) is 3.36. The number of nitrogen functional groups attached to an aromatic ring is 1. The minimum absolute atomic E-state index is 0.107. The van der Waals surface area contributed by atoms with Gasteiger partial charge >= 0.3 is 0 Å². The van der Waals surface area contributed by atoms with Crippen molar-refractivity contribution in [3.8, 4) is 11.6 Å². The molecule has 0 unspecified atom stereocenters. The lowest BCUT2D eigenvalue weighted by molar-refractivity contribution is 0.203. The summed E-state index contributed by atoms with van der Waals surface area (Å²) in [5, 5.41) is 16.4. The van der Waals surface area contributed by atoms with E-state index in [1.54, 1.807) is 12.1 Å². The summed E-state index contributed by atoms with van der Waals surface area (Å²) in [6.07, 6.45) is 3.26. The summed E-state index contributed by atoms with van der Waals surface area (Å²) in [6, 6.07) is 6.20. The first kappa shape index (κ1) is 19.8. The average molecular weight is 414 g/mol. The summed E-state index contributed by atoms with van der Waals surface area (Å²) in [7, 11) is 1.47. The van der Waals surface area contributed by atoms with Crippen molar-refractivity contribution in [1.82, 2.24) is 24.7 Å². The molecule has 0 spiro atoms. The van der Waals surface area contributed by atoms with Crippen LogP contribution in [0, 0.1) is 11.7 Å². The van der Waals surface area contributed by atoms with E-state index in [0.717, 1.165) is 31.7 Å². The van der Waals surface area contributed by atoms with Gasteiger partial charge in [0.05, 0.1) is 12.8 Å². The summed E-state index contributed by atoms with van der Waals surface area (Å²) in [6.45, 7) is 1.82. The van der Waals surface area contributed by atoms with Crippen LogP contribution in [0.1, 0.15) is 12.8 Å². The van der Waals surface area contributed by atoms with E-state index >= 15 is 0 Å². The van der Waals surface area contributed by atoms with Gasteiger partial charge in [-0.05, 0) is 30.9 Å². The Balaban J connectivity index is 1.53. The maximum Gasteiger partial charge on any atom is 0.248 e. The molecule has 0 atom stereocenters. The molecule has 30 heavy (non-hydrogen) atoms. The molecule has 0 bridgehead atoms. The van der Waals surface area contributed by atoms with Crippen molar-refractivity contribution in [2.45, 2.75) is 12.8 Å². The minimum atomic E-state index is -0.500. The topological polar surface area (TPSA) is 127 Å². The lowest BCUT2D eigenvalue weighted by atomic mass is 9.98. The van der Waals surface area contributed by atoms with Crippen LogP contribution >= 0.6 is 0 Å². The molecule has 0 amide bonds. The van der Waals surface area contributed by atoms with Crippen LogP contribution in [0.25, 0.3) is 5.82 Å². The highest BCUT2D eigenvalue weighted by molar-refractivity contribution is 5.57. The number of nitrogens with one attached hydrogen (secondary N) is 1. The van der Waals surface area contributed by atoms with Gasteiger partial charge in [-0.3, -0.25) is 0 Å². The third kappa shape index (κ3) is 4.10. The number of rotatable bonds is 6. The second kappa shape index (κ2) is 8.49. The van der Waals surface area contributed by atoms with Crippen LogP contribution in [0.2, 0.25) is 0 Å². The van der Waals surface area contributed by atoms with Crippen molar-refractivity contribution < 1.29 is 14.2 Å². The zero-order valence-electron chi connectivity index (χ0n) is 16.5. The lowest BCUT2D eigenvalue weighted by Crippen LogP contribution is -2.35. The second-order valence-electron chi connectivity index (χ2n) is 7.02. The predicted octanol–water partition coefficient (Wildman–Crippen LogP) is 1.74. The predicted molar refractivity (Wildman–Crippen MR) is 110 cm³/mol. The Hall–Kier alpha value is -3.47. The molecule has 2 aromatic heterocycles. The third-order valence-electron chi connectivity index (χ3n) is 5.11. The first-order chi connectivity index (χ1) is 14.6. The summed E-state index contributed by atoms with van der Waals surface area (Å²) >= 11 is 0. The fraction of sp³-hybridized carbons (Fsp3) is 0.368. The average Bonchev–Trinajstić information content (AvgIpc) is 3.15. The largest absolute Gasteiger partial charge is 0.497 e. The van der Waals surface area contributed by atoms with Gasteiger partial charge in [-0.25, -0.2) is 14.4 Å². The molecule has 0 radical (unpaired) electrons. The first-order valence-corrected chi connectivity index (χ1v) is 9.58. The fourth-order valence-electron chi connectivity index (χ4n) is 3.36. The maximum atomic E-state index is 14.2. The van der Waals surface area contributed by atoms with Gasteiger partial charge in [0.25, 0.3) is 0 Å². The van der Waals surface area contributed by atoms with E-state index in [4.69, 9.17) is 10.5 Å². The van der Waals surface area contributed by atoms with Gasteiger partial charge in [0, 0.05) is 31.8 Å². The van der Waals surface area contributed by atoms with Crippen LogP contribution in [0.3, 0.4) is 0 Å². The number of anilines is 4. The van der Waals surface area contributed by atoms with Crippen molar-refractivity contribution >= 4 is 23.4 Å². The molecule has 1 aromatic carbocycles. The van der Waals surface area contributed by atoms with Crippen LogP contribution in [0.15, 0.2) is 30.6 Å². The first-order valence-electron chi connectivity index (χ1n) is 9.58.